The van der Waals surface area contributed by atoms with E-state index in [1.54, 1.807) is 10.7 Å². The highest BCUT2D eigenvalue weighted by Crippen LogP contribution is 2.23. The number of para-hydroxylation sites is 2. The second kappa shape index (κ2) is 6.46. The largest absolute Gasteiger partial charge is 0.347 e. The Labute approximate surface area is 163 Å². The number of rotatable bonds is 4. The van der Waals surface area contributed by atoms with Gasteiger partial charge in [0, 0.05) is 19.1 Å². The molecule has 0 spiro atoms. The summed E-state index contributed by atoms with van der Waals surface area (Å²) in [4.78, 5) is 19.4. The first-order valence-electron chi connectivity index (χ1n) is 8.77. The number of fused-ring (bicyclic) bond motifs is 2. The third kappa shape index (κ3) is 3.00. The first-order chi connectivity index (χ1) is 13.2. The molecule has 1 fully saturated rings. The van der Waals surface area contributed by atoms with Gasteiger partial charge in [-0.15, -0.1) is 0 Å². The predicted octanol–water partition coefficient (Wildman–Crippen LogP) is 1.91. The van der Waals surface area contributed by atoms with Gasteiger partial charge in [0.1, 0.15) is 5.82 Å². The normalized spacial score (nSPS) is 17.3. The number of nitrogens with one attached hydrogen (secondary N) is 2. The van der Waals surface area contributed by atoms with Crippen molar-refractivity contribution in [3.63, 3.8) is 0 Å². The lowest BCUT2D eigenvalue weighted by molar-refractivity contribution is 0.749. The number of nitrogens with two attached hydrogens (primary N) is 1. The zero-order valence-electron chi connectivity index (χ0n) is 14.4. The van der Waals surface area contributed by atoms with E-state index in [0.717, 1.165) is 40.8 Å². The topological polar surface area (TPSA) is 113 Å². The van der Waals surface area contributed by atoms with E-state index < -0.39 is 0 Å². The third-order valence-corrected chi connectivity index (χ3v) is 5.23. The van der Waals surface area contributed by atoms with E-state index in [-0.39, 0.29) is 6.04 Å². The summed E-state index contributed by atoms with van der Waals surface area (Å²) in [5.41, 5.74) is 8.71. The van der Waals surface area contributed by atoms with Gasteiger partial charge in [-0.3, -0.25) is 0 Å². The van der Waals surface area contributed by atoms with Crippen molar-refractivity contribution in [1.82, 2.24) is 29.5 Å². The molecule has 0 bridgehead atoms. The number of hydrogen-bond acceptors (Lipinski definition) is 7. The molecule has 1 atom stereocenters. The summed E-state index contributed by atoms with van der Waals surface area (Å²) in [7, 11) is 0. The summed E-state index contributed by atoms with van der Waals surface area (Å²) in [6.07, 6.45) is 2.66. The quantitative estimate of drug-likeness (QED) is 0.455. The van der Waals surface area contributed by atoms with Crippen LogP contribution in [0.4, 0.5) is 11.9 Å². The van der Waals surface area contributed by atoms with Crippen LogP contribution in [0.25, 0.3) is 16.7 Å². The van der Waals surface area contributed by atoms with E-state index >= 15 is 0 Å². The number of aromatic amines is 1. The monoisotopic (exact) mass is 427 g/mol. The van der Waals surface area contributed by atoms with Crippen LogP contribution < -0.4 is 16.0 Å². The highest BCUT2D eigenvalue weighted by molar-refractivity contribution is 9.10. The van der Waals surface area contributed by atoms with Gasteiger partial charge in [-0.05, 0) is 34.5 Å². The van der Waals surface area contributed by atoms with Crippen molar-refractivity contribution in [3.05, 3.63) is 40.8 Å². The second-order valence-electron chi connectivity index (χ2n) is 6.62. The van der Waals surface area contributed by atoms with Crippen LogP contribution >= 0.6 is 15.9 Å². The highest BCUT2D eigenvalue weighted by atomic mass is 79.9. The molecule has 1 saturated heterocycles. The summed E-state index contributed by atoms with van der Waals surface area (Å²) >= 11 is 3.51. The molecule has 10 heteroatoms. The van der Waals surface area contributed by atoms with Gasteiger partial charge in [-0.2, -0.15) is 19.6 Å². The fraction of sp³-hybridized carbons (Fsp3) is 0.294. The summed E-state index contributed by atoms with van der Waals surface area (Å²) in [6, 6.07) is 8.11. The Morgan fingerprint density at radius 1 is 1.26 bits per heavy atom. The molecular weight excluding hydrogens is 410 g/mol. The molecule has 0 unspecified atom stereocenters. The van der Waals surface area contributed by atoms with Crippen molar-refractivity contribution in [2.24, 2.45) is 5.73 Å². The standard InChI is InChI=1S/C17H18BrN9/c18-11-7-21-27-15(11)24-17(26-6-5-10(19)9-26)25-16(27)20-8-14-22-12-3-1-2-4-13(12)23-14/h1-4,7,10H,5-6,8-9,19H2,(H,22,23)(H,20,24,25)/t10-/m1/s1. The molecule has 0 saturated carbocycles. The van der Waals surface area contributed by atoms with Crippen molar-refractivity contribution < 1.29 is 0 Å². The Hall–Kier alpha value is -2.72. The Bertz CT molecular complexity index is 1090. The van der Waals surface area contributed by atoms with E-state index in [9.17, 15) is 0 Å². The van der Waals surface area contributed by atoms with Crippen LogP contribution in [0, 0.1) is 0 Å². The number of imidazole rings is 1. The van der Waals surface area contributed by atoms with Crippen LogP contribution in [-0.4, -0.2) is 48.7 Å². The number of H-pyrrole nitrogens is 1. The van der Waals surface area contributed by atoms with Crippen molar-refractivity contribution in [2.45, 2.75) is 19.0 Å². The van der Waals surface area contributed by atoms with Gasteiger partial charge < -0.3 is 20.9 Å². The summed E-state index contributed by atoms with van der Waals surface area (Å²) in [6.45, 7) is 2.11. The number of anilines is 2. The van der Waals surface area contributed by atoms with Crippen LogP contribution in [0.5, 0.6) is 0 Å². The number of benzene rings is 1. The number of nitrogens with zero attached hydrogens (tertiary/aromatic N) is 6. The van der Waals surface area contributed by atoms with Crippen LogP contribution in [0.2, 0.25) is 0 Å². The molecule has 0 radical (unpaired) electrons. The second-order valence-corrected chi connectivity index (χ2v) is 7.48. The molecular formula is C17H18BrN9. The molecule has 0 aliphatic carbocycles. The molecule has 9 nitrogen and oxygen atoms in total. The lowest BCUT2D eigenvalue weighted by atomic mass is 10.3. The fourth-order valence-corrected chi connectivity index (χ4v) is 3.66. The Morgan fingerprint density at radius 3 is 2.96 bits per heavy atom. The van der Waals surface area contributed by atoms with Gasteiger partial charge in [0.15, 0.2) is 5.65 Å². The summed E-state index contributed by atoms with van der Waals surface area (Å²) in [5, 5.41) is 7.69. The first kappa shape index (κ1) is 16.5. The van der Waals surface area contributed by atoms with Crippen molar-refractivity contribution in [3.8, 4) is 0 Å². The molecule has 4 N–H and O–H groups in total. The smallest absolute Gasteiger partial charge is 0.230 e. The van der Waals surface area contributed by atoms with E-state index in [1.807, 2.05) is 24.3 Å². The Kier molecular flexibility index (Phi) is 3.94. The van der Waals surface area contributed by atoms with Crippen LogP contribution in [-0.2, 0) is 6.54 Å². The average Bonchev–Trinajstić information content (AvgIpc) is 3.38. The maximum absolute atomic E-state index is 6.04. The van der Waals surface area contributed by atoms with Gasteiger partial charge in [0.2, 0.25) is 11.9 Å². The van der Waals surface area contributed by atoms with E-state index in [2.05, 4.69) is 51.2 Å². The Morgan fingerprint density at radius 2 is 2.15 bits per heavy atom. The maximum Gasteiger partial charge on any atom is 0.230 e. The van der Waals surface area contributed by atoms with E-state index in [0.29, 0.717) is 24.1 Å². The molecule has 3 aromatic heterocycles. The van der Waals surface area contributed by atoms with E-state index in [4.69, 9.17) is 5.73 Å². The lowest BCUT2D eigenvalue weighted by Crippen LogP contribution is -2.28. The van der Waals surface area contributed by atoms with Gasteiger partial charge in [-0.1, -0.05) is 12.1 Å². The molecule has 138 valence electrons. The molecule has 5 rings (SSSR count). The number of halogens is 1. The lowest BCUT2D eigenvalue weighted by Gasteiger charge is -2.17. The van der Waals surface area contributed by atoms with Gasteiger partial charge >= 0.3 is 0 Å². The number of hydrogen-bond donors (Lipinski definition) is 3. The van der Waals surface area contributed by atoms with Crippen molar-refractivity contribution >= 4 is 44.5 Å². The average molecular weight is 428 g/mol. The van der Waals surface area contributed by atoms with Crippen molar-refractivity contribution in [1.29, 1.82) is 0 Å². The minimum Gasteiger partial charge on any atom is -0.347 e. The van der Waals surface area contributed by atoms with Gasteiger partial charge in [-0.25, -0.2) is 4.98 Å². The first-order valence-corrected chi connectivity index (χ1v) is 9.56. The molecule has 0 amide bonds. The zero-order valence-corrected chi connectivity index (χ0v) is 16.0. The SMILES string of the molecule is N[C@@H]1CCN(c2nc(NCc3nc4ccccc4[nH]3)n3ncc(Br)c3n2)C1. The third-order valence-electron chi connectivity index (χ3n) is 4.67. The molecule has 1 aliphatic heterocycles. The van der Waals surface area contributed by atoms with Gasteiger partial charge in [0.25, 0.3) is 0 Å². The highest BCUT2D eigenvalue weighted by Gasteiger charge is 2.23. The summed E-state index contributed by atoms with van der Waals surface area (Å²) in [5.74, 6) is 2.10. The molecule has 1 aliphatic rings. The minimum absolute atomic E-state index is 0.158. The predicted molar refractivity (Wildman–Crippen MR) is 107 cm³/mol. The molecule has 4 aromatic rings. The molecule has 1 aromatic carbocycles. The molecule has 27 heavy (non-hydrogen) atoms. The Balaban J connectivity index is 1.47. The van der Waals surface area contributed by atoms with Crippen LogP contribution in [0.1, 0.15) is 12.2 Å². The summed E-state index contributed by atoms with van der Waals surface area (Å²) < 4.78 is 2.51. The van der Waals surface area contributed by atoms with Crippen LogP contribution in [0.3, 0.4) is 0 Å². The zero-order chi connectivity index (χ0) is 18.4. The van der Waals surface area contributed by atoms with Gasteiger partial charge in [0.05, 0.1) is 28.2 Å². The van der Waals surface area contributed by atoms with Crippen molar-refractivity contribution in [2.75, 3.05) is 23.3 Å². The number of aromatic nitrogens is 6. The van der Waals surface area contributed by atoms with Crippen LogP contribution in [0.15, 0.2) is 34.9 Å². The minimum atomic E-state index is 0.158. The van der Waals surface area contributed by atoms with E-state index in [1.165, 1.54) is 0 Å². The fourth-order valence-electron chi connectivity index (χ4n) is 3.32. The maximum atomic E-state index is 6.04. The molecule has 4 heterocycles.